The molecule has 4 heteroatoms. The minimum Gasteiger partial charge on any atom is -0.351 e. The number of benzene rings is 2. The number of aromatic nitrogens is 1. The number of nitrogens with one attached hydrogen (secondary N) is 1. The van der Waals surface area contributed by atoms with Crippen molar-refractivity contribution < 1.29 is 4.79 Å². The zero-order valence-electron chi connectivity index (χ0n) is 15.5. The highest BCUT2D eigenvalue weighted by molar-refractivity contribution is 5.98. The van der Waals surface area contributed by atoms with Gasteiger partial charge in [-0.25, -0.2) is 0 Å². The molecule has 2 aliphatic rings. The van der Waals surface area contributed by atoms with Gasteiger partial charge in [-0.1, -0.05) is 42.5 Å². The van der Waals surface area contributed by atoms with Gasteiger partial charge in [0.15, 0.2) is 0 Å². The number of fused-ring (bicyclic) bond motifs is 2. The summed E-state index contributed by atoms with van der Waals surface area (Å²) in [4.78, 5) is 20.9. The first kappa shape index (κ1) is 16.6. The second-order valence-corrected chi connectivity index (χ2v) is 7.78. The Morgan fingerprint density at radius 3 is 2.41 bits per heavy atom. The van der Waals surface area contributed by atoms with Gasteiger partial charge < -0.3 is 9.88 Å². The largest absolute Gasteiger partial charge is 0.351 e. The maximum absolute atomic E-state index is 13.0. The molecule has 2 heterocycles. The third-order valence-corrected chi connectivity index (χ3v) is 6.12. The number of rotatable bonds is 2. The number of hydrogen-bond acceptors (Lipinski definition) is 2. The predicted molar refractivity (Wildman–Crippen MR) is 108 cm³/mol. The summed E-state index contributed by atoms with van der Waals surface area (Å²) >= 11 is 0. The van der Waals surface area contributed by atoms with Crippen molar-refractivity contribution in [3.63, 3.8) is 0 Å². The van der Waals surface area contributed by atoms with Gasteiger partial charge in [0.05, 0.1) is 0 Å². The average Bonchev–Trinajstić information content (AvgIpc) is 3.24. The van der Waals surface area contributed by atoms with E-state index >= 15 is 0 Å². The zero-order valence-corrected chi connectivity index (χ0v) is 15.5. The fraction of sp³-hybridized carbons (Fsp3) is 0.348. The van der Waals surface area contributed by atoms with Crippen LogP contribution in [0.2, 0.25) is 0 Å². The van der Waals surface area contributed by atoms with Gasteiger partial charge in [-0.2, -0.15) is 0 Å². The number of amides is 1. The van der Waals surface area contributed by atoms with Crippen molar-refractivity contribution in [2.24, 2.45) is 0 Å². The number of aromatic amines is 1. The van der Waals surface area contributed by atoms with Crippen molar-refractivity contribution in [1.29, 1.82) is 0 Å². The van der Waals surface area contributed by atoms with E-state index in [1.54, 1.807) is 0 Å². The summed E-state index contributed by atoms with van der Waals surface area (Å²) in [6.07, 6.45) is 3.33. The lowest BCUT2D eigenvalue weighted by Gasteiger charge is -2.27. The Morgan fingerprint density at radius 1 is 0.889 bits per heavy atom. The van der Waals surface area contributed by atoms with Crippen LogP contribution in [0.15, 0.2) is 54.6 Å². The molecular weight excluding hydrogens is 334 g/mol. The molecule has 1 aromatic heterocycles. The molecule has 1 aliphatic carbocycles. The Kier molecular flexibility index (Phi) is 4.21. The van der Waals surface area contributed by atoms with Crippen molar-refractivity contribution in [3.8, 4) is 0 Å². The summed E-state index contributed by atoms with van der Waals surface area (Å²) in [6, 6.07) is 19.5. The molecule has 0 unspecified atom stereocenters. The quantitative estimate of drug-likeness (QED) is 0.761. The molecule has 3 aromatic rings. The van der Waals surface area contributed by atoms with Gasteiger partial charge in [-0.05, 0) is 42.5 Å². The smallest absolute Gasteiger partial charge is 0.270 e. The van der Waals surface area contributed by atoms with Crippen molar-refractivity contribution in [1.82, 2.24) is 14.8 Å². The summed E-state index contributed by atoms with van der Waals surface area (Å²) in [5, 5.41) is 1.10. The number of hydrogen-bond donors (Lipinski definition) is 1. The molecule has 0 radical (unpaired) electrons. The normalized spacial score (nSPS) is 18.6. The van der Waals surface area contributed by atoms with E-state index in [4.69, 9.17) is 0 Å². The molecule has 2 aromatic carbocycles. The van der Waals surface area contributed by atoms with E-state index in [-0.39, 0.29) is 5.91 Å². The number of H-pyrrole nitrogens is 1. The molecule has 1 N–H and O–H groups in total. The van der Waals surface area contributed by atoms with Gasteiger partial charge >= 0.3 is 0 Å². The highest BCUT2D eigenvalue weighted by Crippen LogP contribution is 2.26. The van der Waals surface area contributed by atoms with Crippen LogP contribution in [0, 0.1) is 0 Å². The summed E-state index contributed by atoms with van der Waals surface area (Å²) in [6.45, 7) is 3.69. The van der Waals surface area contributed by atoms with Gasteiger partial charge in [0.2, 0.25) is 0 Å². The average molecular weight is 359 g/mol. The zero-order chi connectivity index (χ0) is 18.2. The highest BCUT2D eigenvalue weighted by atomic mass is 16.2. The first-order valence-electron chi connectivity index (χ1n) is 9.96. The van der Waals surface area contributed by atoms with Crippen LogP contribution < -0.4 is 0 Å². The molecule has 0 saturated carbocycles. The Balaban J connectivity index is 1.27. The Hall–Kier alpha value is -2.59. The molecule has 0 atom stereocenters. The third-order valence-electron chi connectivity index (χ3n) is 6.12. The lowest BCUT2D eigenvalue weighted by molar-refractivity contribution is 0.0753. The molecule has 0 bridgehead atoms. The Labute approximate surface area is 159 Å². The van der Waals surface area contributed by atoms with E-state index in [1.807, 2.05) is 35.2 Å². The van der Waals surface area contributed by atoms with Crippen LogP contribution in [0.3, 0.4) is 0 Å². The van der Waals surface area contributed by atoms with Crippen molar-refractivity contribution >= 4 is 16.8 Å². The standard InChI is InChI=1S/C23H25N3O/c27-23(22-16-19-8-3-4-9-21(19)24-22)26-11-5-10-25(12-13-26)20-14-17-6-1-2-7-18(17)15-20/h1-4,6-9,16,20,24H,5,10-15H2. The fourth-order valence-corrected chi connectivity index (χ4v) is 4.66. The lowest BCUT2D eigenvalue weighted by Crippen LogP contribution is -2.40. The van der Waals surface area contributed by atoms with Gasteiger partial charge in [0.1, 0.15) is 5.69 Å². The van der Waals surface area contributed by atoms with Crippen LogP contribution in [0.4, 0.5) is 0 Å². The molecule has 0 spiro atoms. The van der Waals surface area contributed by atoms with Crippen molar-refractivity contribution in [2.45, 2.75) is 25.3 Å². The molecular formula is C23H25N3O. The first-order chi connectivity index (χ1) is 13.3. The number of carbonyl (C=O) groups is 1. The van der Waals surface area contributed by atoms with E-state index in [9.17, 15) is 4.79 Å². The van der Waals surface area contributed by atoms with Gasteiger partial charge in [0, 0.05) is 43.1 Å². The summed E-state index contributed by atoms with van der Waals surface area (Å²) in [7, 11) is 0. The fourth-order valence-electron chi connectivity index (χ4n) is 4.66. The predicted octanol–water partition coefficient (Wildman–Crippen LogP) is 3.48. The number of carbonyl (C=O) groups excluding carboxylic acids is 1. The first-order valence-corrected chi connectivity index (χ1v) is 9.96. The van der Waals surface area contributed by atoms with Crippen LogP contribution in [0.25, 0.3) is 10.9 Å². The van der Waals surface area contributed by atoms with Crippen LogP contribution in [0.5, 0.6) is 0 Å². The van der Waals surface area contributed by atoms with E-state index in [1.165, 1.54) is 11.1 Å². The Bertz CT molecular complexity index is 918. The molecule has 138 valence electrons. The number of nitrogens with zero attached hydrogens (tertiary/aromatic N) is 2. The maximum atomic E-state index is 13.0. The highest BCUT2D eigenvalue weighted by Gasteiger charge is 2.29. The molecule has 1 amide bonds. The van der Waals surface area contributed by atoms with Gasteiger partial charge in [0.25, 0.3) is 5.91 Å². The van der Waals surface area contributed by atoms with Crippen LogP contribution in [-0.2, 0) is 12.8 Å². The van der Waals surface area contributed by atoms with E-state index in [2.05, 4.69) is 34.1 Å². The maximum Gasteiger partial charge on any atom is 0.270 e. The molecule has 1 saturated heterocycles. The minimum absolute atomic E-state index is 0.128. The van der Waals surface area contributed by atoms with Crippen molar-refractivity contribution in [3.05, 3.63) is 71.4 Å². The van der Waals surface area contributed by atoms with Crippen LogP contribution in [-0.4, -0.2) is 52.9 Å². The van der Waals surface area contributed by atoms with Crippen LogP contribution in [0.1, 0.15) is 28.0 Å². The van der Waals surface area contributed by atoms with Gasteiger partial charge in [-0.15, -0.1) is 0 Å². The third kappa shape index (κ3) is 3.15. The lowest BCUT2D eigenvalue weighted by atomic mass is 10.1. The molecule has 5 rings (SSSR count). The van der Waals surface area contributed by atoms with Gasteiger partial charge in [-0.3, -0.25) is 9.69 Å². The monoisotopic (exact) mass is 359 g/mol. The molecule has 27 heavy (non-hydrogen) atoms. The van der Waals surface area contributed by atoms with Crippen molar-refractivity contribution in [2.75, 3.05) is 26.2 Å². The van der Waals surface area contributed by atoms with E-state index in [0.717, 1.165) is 56.3 Å². The number of para-hydroxylation sites is 1. The molecule has 1 aliphatic heterocycles. The molecule has 1 fully saturated rings. The second kappa shape index (κ2) is 6.86. The van der Waals surface area contributed by atoms with E-state index < -0.39 is 0 Å². The Morgan fingerprint density at radius 2 is 1.63 bits per heavy atom. The SMILES string of the molecule is O=C(c1cc2ccccc2[nH]1)N1CCCN(C2Cc3ccccc3C2)CC1. The summed E-state index contributed by atoms with van der Waals surface area (Å²) in [5.74, 6) is 0.128. The second-order valence-electron chi connectivity index (χ2n) is 7.78. The van der Waals surface area contributed by atoms with E-state index in [0.29, 0.717) is 11.7 Å². The topological polar surface area (TPSA) is 39.3 Å². The minimum atomic E-state index is 0.128. The molecule has 4 nitrogen and oxygen atoms in total. The van der Waals surface area contributed by atoms with Crippen LogP contribution >= 0.6 is 0 Å². The summed E-state index contributed by atoms with van der Waals surface area (Å²) in [5.41, 5.74) is 4.73. The summed E-state index contributed by atoms with van der Waals surface area (Å²) < 4.78 is 0.